The summed E-state index contributed by atoms with van der Waals surface area (Å²) in [6, 6.07) is 6.86. The number of carbonyl (C=O) groups is 1. The minimum absolute atomic E-state index is 0.0819. The summed E-state index contributed by atoms with van der Waals surface area (Å²) < 4.78 is 1.46. The highest BCUT2D eigenvalue weighted by Gasteiger charge is 2.11. The molecule has 0 bridgehead atoms. The van der Waals surface area contributed by atoms with Gasteiger partial charge in [0.2, 0.25) is 5.82 Å². The molecule has 0 aliphatic heterocycles. The van der Waals surface area contributed by atoms with Gasteiger partial charge in [0.25, 0.3) is 5.91 Å². The molecule has 8 heteroatoms. The van der Waals surface area contributed by atoms with Crippen LogP contribution in [0.4, 0.5) is 5.69 Å². The second-order valence-corrected chi connectivity index (χ2v) is 4.38. The Morgan fingerprint density at radius 3 is 2.62 bits per heavy atom. The third-order valence-electron chi connectivity index (χ3n) is 2.85. The van der Waals surface area contributed by atoms with Crippen LogP contribution in [0.15, 0.2) is 41.5 Å². The number of benzene rings is 1. The Labute approximate surface area is 118 Å². The van der Waals surface area contributed by atoms with E-state index in [4.69, 9.17) is 0 Å². The second-order valence-electron chi connectivity index (χ2n) is 4.38. The van der Waals surface area contributed by atoms with Gasteiger partial charge < -0.3 is 10.3 Å². The third-order valence-corrected chi connectivity index (χ3v) is 2.85. The monoisotopic (exact) mass is 284 g/mol. The quantitative estimate of drug-likeness (QED) is 0.662. The average molecular weight is 284 g/mol. The van der Waals surface area contributed by atoms with E-state index >= 15 is 0 Å². The first-order valence-corrected chi connectivity index (χ1v) is 6.20. The van der Waals surface area contributed by atoms with Crippen molar-refractivity contribution in [1.82, 2.24) is 24.7 Å². The van der Waals surface area contributed by atoms with Crippen LogP contribution in [0.1, 0.15) is 16.4 Å². The molecule has 0 saturated carbocycles. The molecule has 2 aromatic heterocycles. The van der Waals surface area contributed by atoms with Crippen molar-refractivity contribution in [3.63, 3.8) is 0 Å². The zero-order chi connectivity index (χ0) is 14.8. The zero-order valence-electron chi connectivity index (χ0n) is 11.1. The Hall–Kier alpha value is -3.16. The fourth-order valence-corrected chi connectivity index (χ4v) is 1.86. The molecule has 8 nitrogen and oxygen atoms in total. The number of hydrogen-bond donors (Lipinski definition) is 3. The van der Waals surface area contributed by atoms with E-state index in [0.717, 1.165) is 0 Å². The maximum Gasteiger partial charge on any atom is 0.330 e. The average Bonchev–Trinajstić information content (AvgIpc) is 3.08. The van der Waals surface area contributed by atoms with Crippen LogP contribution in [0.2, 0.25) is 0 Å². The molecule has 0 atom stereocenters. The van der Waals surface area contributed by atoms with Crippen LogP contribution in [-0.4, -0.2) is 30.6 Å². The van der Waals surface area contributed by atoms with Gasteiger partial charge in [0, 0.05) is 18.1 Å². The molecule has 106 valence electrons. The first-order chi connectivity index (χ1) is 10.1. The molecule has 1 amide bonds. The van der Waals surface area contributed by atoms with Crippen molar-refractivity contribution in [3.8, 4) is 5.69 Å². The van der Waals surface area contributed by atoms with Crippen molar-refractivity contribution in [1.29, 1.82) is 0 Å². The molecule has 0 saturated heterocycles. The summed E-state index contributed by atoms with van der Waals surface area (Å²) in [5, 5.41) is 9.07. The number of aryl methyl sites for hydroxylation is 1. The number of amides is 1. The highest BCUT2D eigenvalue weighted by atomic mass is 16.2. The van der Waals surface area contributed by atoms with Gasteiger partial charge in [-0.1, -0.05) is 0 Å². The molecular formula is C13H12N6O2. The number of nitrogens with zero attached hydrogens (tertiary/aromatic N) is 3. The topological polar surface area (TPSA) is 108 Å². The molecule has 0 unspecified atom stereocenters. The minimum atomic E-state index is -0.397. The molecule has 3 aromatic rings. The normalized spacial score (nSPS) is 10.5. The molecular weight excluding hydrogens is 272 g/mol. The standard InChI is InChI=1S/C13H12N6O2/c1-8-15-11(18-17-8)12(20)16-9-2-4-10(5-3-9)19-7-6-14-13(19)21/h2-7H,1H3,(H,14,21)(H,16,20)(H,15,17,18). The van der Waals surface area contributed by atoms with E-state index < -0.39 is 5.91 Å². The number of imidazole rings is 1. The van der Waals surface area contributed by atoms with Crippen LogP contribution in [0.3, 0.4) is 0 Å². The van der Waals surface area contributed by atoms with Crippen molar-refractivity contribution in [2.45, 2.75) is 6.92 Å². The van der Waals surface area contributed by atoms with Gasteiger partial charge in [0.15, 0.2) is 0 Å². The Kier molecular flexibility index (Phi) is 3.11. The molecule has 21 heavy (non-hydrogen) atoms. The van der Waals surface area contributed by atoms with Crippen LogP contribution in [-0.2, 0) is 0 Å². The SMILES string of the molecule is Cc1nc(C(=O)Nc2ccc(-n3cc[nH]c3=O)cc2)n[nH]1. The Morgan fingerprint density at radius 2 is 2.05 bits per heavy atom. The van der Waals surface area contributed by atoms with Crippen LogP contribution >= 0.6 is 0 Å². The Morgan fingerprint density at radius 1 is 1.29 bits per heavy atom. The molecule has 3 rings (SSSR count). The summed E-state index contributed by atoms with van der Waals surface area (Å²) in [6.45, 7) is 1.72. The minimum Gasteiger partial charge on any atom is -0.319 e. The van der Waals surface area contributed by atoms with Crippen molar-refractivity contribution < 1.29 is 4.79 Å². The van der Waals surface area contributed by atoms with Gasteiger partial charge in [0.1, 0.15) is 5.82 Å². The lowest BCUT2D eigenvalue weighted by atomic mass is 10.2. The predicted octanol–water partition coefficient (Wildman–Crippen LogP) is 0.844. The van der Waals surface area contributed by atoms with Crippen LogP contribution < -0.4 is 11.0 Å². The molecule has 0 aliphatic carbocycles. The number of H-pyrrole nitrogens is 2. The molecule has 1 aromatic carbocycles. The number of aromatic nitrogens is 5. The lowest BCUT2D eigenvalue weighted by Crippen LogP contribution is -2.15. The van der Waals surface area contributed by atoms with Gasteiger partial charge in [-0.25, -0.2) is 9.78 Å². The fourth-order valence-electron chi connectivity index (χ4n) is 1.86. The molecule has 0 aliphatic rings. The number of rotatable bonds is 3. The highest BCUT2D eigenvalue weighted by Crippen LogP contribution is 2.12. The summed E-state index contributed by atoms with van der Waals surface area (Å²) in [6.07, 6.45) is 3.19. The number of hydrogen-bond acceptors (Lipinski definition) is 4. The number of nitrogens with one attached hydrogen (secondary N) is 3. The van der Waals surface area contributed by atoms with E-state index in [0.29, 0.717) is 17.2 Å². The summed E-state index contributed by atoms with van der Waals surface area (Å²) in [4.78, 5) is 29.9. The van der Waals surface area contributed by atoms with Crippen molar-refractivity contribution in [2.24, 2.45) is 0 Å². The van der Waals surface area contributed by atoms with E-state index in [2.05, 4.69) is 25.5 Å². The molecule has 0 spiro atoms. The van der Waals surface area contributed by atoms with E-state index in [1.54, 1.807) is 43.6 Å². The van der Waals surface area contributed by atoms with E-state index in [-0.39, 0.29) is 11.5 Å². The van der Waals surface area contributed by atoms with Crippen molar-refractivity contribution >= 4 is 11.6 Å². The number of carbonyl (C=O) groups excluding carboxylic acids is 1. The van der Waals surface area contributed by atoms with E-state index in [9.17, 15) is 9.59 Å². The predicted molar refractivity (Wildman–Crippen MR) is 75.5 cm³/mol. The van der Waals surface area contributed by atoms with E-state index in [1.807, 2.05) is 0 Å². The lowest BCUT2D eigenvalue weighted by Gasteiger charge is -2.05. The first kappa shape index (κ1) is 12.9. The fraction of sp³-hybridized carbons (Fsp3) is 0.0769. The maximum absolute atomic E-state index is 11.9. The van der Waals surface area contributed by atoms with E-state index in [1.165, 1.54) is 4.57 Å². The zero-order valence-corrected chi connectivity index (χ0v) is 11.1. The Bertz CT molecular complexity index is 827. The summed E-state index contributed by atoms with van der Waals surface area (Å²) in [5.74, 6) is 0.256. The molecule has 2 heterocycles. The number of aromatic amines is 2. The van der Waals surface area contributed by atoms with Crippen LogP contribution in [0, 0.1) is 6.92 Å². The van der Waals surface area contributed by atoms with Gasteiger partial charge >= 0.3 is 5.69 Å². The van der Waals surface area contributed by atoms with Gasteiger partial charge in [-0.05, 0) is 31.2 Å². The van der Waals surface area contributed by atoms with Crippen LogP contribution in [0.5, 0.6) is 0 Å². The summed E-state index contributed by atoms with van der Waals surface area (Å²) in [7, 11) is 0. The smallest absolute Gasteiger partial charge is 0.319 e. The Balaban J connectivity index is 1.77. The van der Waals surface area contributed by atoms with Crippen molar-refractivity contribution in [3.05, 3.63) is 58.8 Å². The van der Waals surface area contributed by atoms with Gasteiger partial charge in [-0.15, -0.1) is 5.10 Å². The number of anilines is 1. The largest absolute Gasteiger partial charge is 0.330 e. The van der Waals surface area contributed by atoms with Crippen molar-refractivity contribution in [2.75, 3.05) is 5.32 Å². The maximum atomic E-state index is 11.9. The first-order valence-electron chi connectivity index (χ1n) is 6.20. The summed E-state index contributed by atoms with van der Waals surface area (Å²) in [5.41, 5.74) is 1.07. The van der Waals surface area contributed by atoms with Gasteiger partial charge in [0.05, 0.1) is 5.69 Å². The molecule has 0 radical (unpaired) electrons. The van der Waals surface area contributed by atoms with Crippen LogP contribution in [0.25, 0.3) is 5.69 Å². The molecule has 0 fully saturated rings. The van der Waals surface area contributed by atoms with Gasteiger partial charge in [-0.2, -0.15) is 0 Å². The molecule has 3 N–H and O–H groups in total. The summed E-state index contributed by atoms with van der Waals surface area (Å²) >= 11 is 0. The van der Waals surface area contributed by atoms with Gasteiger partial charge in [-0.3, -0.25) is 14.5 Å². The highest BCUT2D eigenvalue weighted by molar-refractivity contribution is 6.01. The lowest BCUT2D eigenvalue weighted by molar-refractivity contribution is 0.101. The third kappa shape index (κ3) is 2.59. The second kappa shape index (κ2) is 5.08.